The van der Waals surface area contributed by atoms with Gasteiger partial charge in [-0.2, -0.15) is 8.78 Å². The predicted octanol–water partition coefficient (Wildman–Crippen LogP) is 1.78. The smallest absolute Gasteiger partial charge is 0.387 e. The van der Waals surface area contributed by atoms with E-state index in [1.54, 1.807) is 12.1 Å². The summed E-state index contributed by atoms with van der Waals surface area (Å²) in [5, 5.41) is 2.55. The van der Waals surface area contributed by atoms with Gasteiger partial charge >= 0.3 is 6.61 Å². The minimum atomic E-state index is -2.86. The SMILES string of the molecule is O=C1Cc2c(cccc2OC(F)F)N1. The van der Waals surface area contributed by atoms with Crippen molar-refractivity contribution in [3.8, 4) is 5.75 Å². The Kier molecular flexibility index (Phi) is 2.07. The van der Waals surface area contributed by atoms with Crippen molar-refractivity contribution in [2.24, 2.45) is 0 Å². The van der Waals surface area contributed by atoms with Crippen LogP contribution in [0.1, 0.15) is 5.56 Å². The molecular weight excluding hydrogens is 192 g/mol. The molecule has 5 heteroatoms. The van der Waals surface area contributed by atoms with E-state index in [9.17, 15) is 13.6 Å². The highest BCUT2D eigenvalue weighted by Crippen LogP contribution is 2.32. The van der Waals surface area contributed by atoms with Crippen LogP contribution in [0, 0.1) is 0 Å². The van der Waals surface area contributed by atoms with E-state index in [2.05, 4.69) is 10.1 Å². The second kappa shape index (κ2) is 3.25. The average molecular weight is 199 g/mol. The number of alkyl halides is 2. The molecule has 0 fully saturated rings. The third kappa shape index (κ3) is 1.53. The molecule has 0 bridgehead atoms. The largest absolute Gasteiger partial charge is 0.434 e. The number of hydrogen-bond acceptors (Lipinski definition) is 2. The fraction of sp³-hybridized carbons (Fsp3) is 0.222. The van der Waals surface area contributed by atoms with Gasteiger partial charge in [0.2, 0.25) is 5.91 Å². The minimum Gasteiger partial charge on any atom is -0.434 e. The summed E-state index contributed by atoms with van der Waals surface area (Å²) >= 11 is 0. The molecule has 1 heterocycles. The predicted molar refractivity (Wildman–Crippen MR) is 45.4 cm³/mol. The van der Waals surface area contributed by atoms with Crippen molar-refractivity contribution in [1.29, 1.82) is 0 Å². The Balaban J connectivity index is 2.34. The summed E-state index contributed by atoms with van der Waals surface area (Å²) in [6, 6.07) is 4.63. The lowest BCUT2D eigenvalue weighted by atomic mass is 10.1. The van der Waals surface area contributed by atoms with Crippen molar-refractivity contribution in [3.63, 3.8) is 0 Å². The van der Waals surface area contributed by atoms with E-state index in [0.29, 0.717) is 11.3 Å². The van der Waals surface area contributed by atoms with Crippen LogP contribution in [0.5, 0.6) is 5.75 Å². The van der Waals surface area contributed by atoms with Gasteiger partial charge in [0.25, 0.3) is 0 Å². The van der Waals surface area contributed by atoms with E-state index in [4.69, 9.17) is 0 Å². The molecular formula is C9H7F2NO2. The molecule has 1 aliphatic rings. The molecule has 0 radical (unpaired) electrons. The van der Waals surface area contributed by atoms with Gasteiger partial charge in [-0.15, -0.1) is 0 Å². The third-order valence-electron chi connectivity index (χ3n) is 1.96. The van der Waals surface area contributed by atoms with Crippen LogP contribution in [0.3, 0.4) is 0 Å². The second-order valence-corrected chi connectivity index (χ2v) is 2.89. The molecule has 0 unspecified atom stereocenters. The molecule has 14 heavy (non-hydrogen) atoms. The van der Waals surface area contributed by atoms with Gasteiger partial charge in [-0.1, -0.05) is 6.07 Å². The lowest BCUT2D eigenvalue weighted by Gasteiger charge is -2.07. The fourth-order valence-corrected chi connectivity index (χ4v) is 1.43. The van der Waals surface area contributed by atoms with E-state index < -0.39 is 6.61 Å². The second-order valence-electron chi connectivity index (χ2n) is 2.89. The topological polar surface area (TPSA) is 38.3 Å². The van der Waals surface area contributed by atoms with Crippen LogP contribution < -0.4 is 10.1 Å². The number of fused-ring (bicyclic) bond motifs is 1. The van der Waals surface area contributed by atoms with Gasteiger partial charge in [0.15, 0.2) is 0 Å². The molecule has 0 aromatic heterocycles. The van der Waals surface area contributed by atoms with E-state index >= 15 is 0 Å². The number of carbonyl (C=O) groups is 1. The molecule has 1 aromatic rings. The van der Waals surface area contributed by atoms with Gasteiger partial charge in [0, 0.05) is 11.3 Å². The molecule has 2 rings (SSSR count). The first-order valence-electron chi connectivity index (χ1n) is 4.03. The van der Waals surface area contributed by atoms with Crippen molar-refractivity contribution in [1.82, 2.24) is 0 Å². The Labute approximate surface area is 78.7 Å². The monoisotopic (exact) mass is 199 g/mol. The lowest BCUT2D eigenvalue weighted by Crippen LogP contribution is -2.05. The zero-order chi connectivity index (χ0) is 10.1. The number of hydrogen-bond donors (Lipinski definition) is 1. The number of halogens is 2. The van der Waals surface area contributed by atoms with Crippen molar-refractivity contribution < 1.29 is 18.3 Å². The quantitative estimate of drug-likeness (QED) is 0.788. The molecule has 0 atom stereocenters. The summed E-state index contributed by atoms with van der Waals surface area (Å²) < 4.78 is 28.2. The molecule has 74 valence electrons. The van der Waals surface area contributed by atoms with Crippen molar-refractivity contribution in [2.45, 2.75) is 13.0 Å². The molecule has 0 aliphatic carbocycles. The maximum absolute atomic E-state index is 12.0. The minimum absolute atomic E-state index is 0.0656. The number of rotatable bonds is 2. The molecule has 1 amide bonds. The number of benzene rings is 1. The highest BCUT2D eigenvalue weighted by atomic mass is 19.3. The average Bonchev–Trinajstić information content (AvgIpc) is 2.45. The molecule has 0 saturated heterocycles. The zero-order valence-electron chi connectivity index (χ0n) is 7.09. The number of amides is 1. The van der Waals surface area contributed by atoms with Gasteiger partial charge in [-0.05, 0) is 12.1 Å². The third-order valence-corrected chi connectivity index (χ3v) is 1.96. The Morgan fingerprint density at radius 1 is 1.43 bits per heavy atom. The summed E-state index contributed by atoms with van der Waals surface area (Å²) in [6.45, 7) is -2.86. The van der Waals surface area contributed by atoms with E-state index in [0.717, 1.165) is 0 Å². The van der Waals surface area contributed by atoms with Crippen LogP contribution in [0.25, 0.3) is 0 Å². The highest BCUT2D eigenvalue weighted by molar-refractivity contribution is 6.00. The van der Waals surface area contributed by atoms with Crippen molar-refractivity contribution in [3.05, 3.63) is 23.8 Å². The van der Waals surface area contributed by atoms with E-state index in [1.807, 2.05) is 0 Å². The summed E-state index contributed by atoms with van der Waals surface area (Å²) in [5.41, 5.74) is 1.05. The van der Waals surface area contributed by atoms with E-state index in [1.165, 1.54) is 6.07 Å². The van der Waals surface area contributed by atoms with Crippen LogP contribution in [-0.2, 0) is 11.2 Å². The van der Waals surface area contributed by atoms with Crippen LogP contribution in [0.15, 0.2) is 18.2 Å². The normalized spacial score (nSPS) is 14.1. The van der Waals surface area contributed by atoms with Gasteiger partial charge < -0.3 is 10.1 Å². The maximum Gasteiger partial charge on any atom is 0.387 e. The van der Waals surface area contributed by atoms with Crippen LogP contribution in [0.2, 0.25) is 0 Å². The number of carbonyl (C=O) groups excluding carboxylic acids is 1. The van der Waals surface area contributed by atoms with Gasteiger partial charge in [-0.3, -0.25) is 4.79 Å². The Hall–Kier alpha value is -1.65. The van der Waals surface area contributed by atoms with Crippen LogP contribution in [-0.4, -0.2) is 12.5 Å². The Morgan fingerprint density at radius 3 is 2.93 bits per heavy atom. The van der Waals surface area contributed by atoms with Gasteiger partial charge in [0.05, 0.1) is 6.42 Å². The standard InChI is InChI=1S/C9H7F2NO2/c10-9(11)14-7-3-1-2-6-5(7)4-8(13)12-6/h1-3,9H,4H2,(H,12,13). The van der Waals surface area contributed by atoms with Crippen LogP contribution >= 0.6 is 0 Å². The van der Waals surface area contributed by atoms with Gasteiger partial charge in [0.1, 0.15) is 5.75 Å². The summed E-state index contributed by atoms with van der Waals surface area (Å²) in [4.78, 5) is 11.0. The number of nitrogens with one attached hydrogen (secondary N) is 1. The first-order chi connectivity index (χ1) is 6.66. The molecule has 1 aromatic carbocycles. The summed E-state index contributed by atoms with van der Waals surface area (Å²) in [5.74, 6) is -0.138. The first-order valence-corrected chi connectivity index (χ1v) is 4.03. The molecule has 1 N–H and O–H groups in total. The van der Waals surface area contributed by atoms with E-state index in [-0.39, 0.29) is 18.1 Å². The highest BCUT2D eigenvalue weighted by Gasteiger charge is 2.22. The number of ether oxygens (including phenoxy) is 1. The van der Waals surface area contributed by atoms with Crippen LogP contribution in [0.4, 0.5) is 14.5 Å². The fourth-order valence-electron chi connectivity index (χ4n) is 1.43. The summed E-state index contributed by atoms with van der Waals surface area (Å²) in [7, 11) is 0. The Bertz CT molecular complexity index is 379. The van der Waals surface area contributed by atoms with Crippen molar-refractivity contribution >= 4 is 11.6 Å². The Morgan fingerprint density at radius 2 is 2.21 bits per heavy atom. The maximum atomic E-state index is 12.0. The lowest BCUT2D eigenvalue weighted by molar-refractivity contribution is -0.115. The molecule has 1 aliphatic heterocycles. The zero-order valence-corrected chi connectivity index (χ0v) is 7.09. The molecule has 0 spiro atoms. The number of anilines is 1. The summed E-state index contributed by atoms with van der Waals surface area (Å²) in [6.07, 6.45) is 0.0955. The first kappa shape index (κ1) is 8.93. The molecule has 3 nitrogen and oxygen atoms in total. The molecule has 0 saturated carbocycles. The van der Waals surface area contributed by atoms with Gasteiger partial charge in [-0.25, -0.2) is 0 Å². The van der Waals surface area contributed by atoms with Crippen molar-refractivity contribution in [2.75, 3.05) is 5.32 Å².